The minimum Gasteiger partial charge on any atom is -0.370 e. The molecule has 21 heavy (non-hydrogen) atoms. The molecule has 0 saturated heterocycles. The average Bonchev–Trinajstić information content (AvgIpc) is 2.49. The van der Waals surface area contributed by atoms with E-state index in [1.807, 2.05) is 19.1 Å². The Balaban J connectivity index is 2.24. The van der Waals surface area contributed by atoms with Gasteiger partial charge in [-0.25, -0.2) is 9.97 Å². The maximum Gasteiger partial charge on any atom is 0.135 e. The van der Waals surface area contributed by atoms with E-state index in [2.05, 4.69) is 46.4 Å². The summed E-state index contributed by atoms with van der Waals surface area (Å²) in [5, 5.41) is 6.71. The number of nitrogens with zero attached hydrogens (tertiary/aromatic N) is 3. The van der Waals surface area contributed by atoms with Gasteiger partial charge in [0.25, 0.3) is 0 Å². The van der Waals surface area contributed by atoms with Gasteiger partial charge >= 0.3 is 0 Å². The SMILES string of the molecule is CCNc1nc(C(C)C)nc(NCc2ccncc2)c1C. The minimum atomic E-state index is 0.296. The molecule has 0 amide bonds. The van der Waals surface area contributed by atoms with E-state index in [4.69, 9.17) is 0 Å². The zero-order valence-corrected chi connectivity index (χ0v) is 13.1. The summed E-state index contributed by atoms with van der Waals surface area (Å²) in [4.78, 5) is 13.3. The van der Waals surface area contributed by atoms with Crippen LogP contribution in [0.5, 0.6) is 0 Å². The molecular weight excluding hydrogens is 262 g/mol. The number of rotatable bonds is 6. The van der Waals surface area contributed by atoms with Crippen LogP contribution in [-0.2, 0) is 6.54 Å². The molecule has 2 aromatic rings. The molecule has 0 saturated carbocycles. The zero-order valence-electron chi connectivity index (χ0n) is 13.1. The first-order chi connectivity index (χ1) is 10.1. The molecule has 2 rings (SSSR count). The van der Waals surface area contributed by atoms with Gasteiger partial charge in [0, 0.05) is 37.0 Å². The van der Waals surface area contributed by atoms with E-state index in [1.165, 1.54) is 5.56 Å². The normalized spacial score (nSPS) is 10.7. The topological polar surface area (TPSA) is 62.7 Å². The second-order valence-electron chi connectivity index (χ2n) is 5.30. The number of anilines is 2. The van der Waals surface area contributed by atoms with Crippen molar-refractivity contribution < 1.29 is 0 Å². The lowest BCUT2D eigenvalue weighted by molar-refractivity contribution is 0.772. The van der Waals surface area contributed by atoms with Gasteiger partial charge in [-0.1, -0.05) is 13.8 Å². The van der Waals surface area contributed by atoms with E-state index in [9.17, 15) is 0 Å². The van der Waals surface area contributed by atoms with Crippen LogP contribution in [0.4, 0.5) is 11.6 Å². The van der Waals surface area contributed by atoms with Crippen molar-refractivity contribution in [1.82, 2.24) is 15.0 Å². The van der Waals surface area contributed by atoms with Crippen molar-refractivity contribution in [3.63, 3.8) is 0 Å². The summed E-state index contributed by atoms with van der Waals surface area (Å²) >= 11 is 0. The second-order valence-corrected chi connectivity index (χ2v) is 5.30. The molecule has 0 bridgehead atoms. The predicted octanol–water partition coefficient (Wildman–Crippen LogP) is 3.35. The molecule has 2 aromatic heterocycles. The molecule has 5 nitrogen and oxygen atoms in total. The molecule has 5 heteroatoms. The van der Waals surface area contributed by atoms with Crippen LogP contribution in [0.3, 0.4) is 0 Å². The van der Waals surface area contributed by atoms with Crippen LogP contribution in [0.15, 0.2) is 24.5 Å². The van der Waals surface area contributed by atoms with E-state index >= 15 is 0 Å². The molecule has 0 spiro atoms. The summed E-state index contributed by atoms with van der Waals surface area (Å²) in [5.74, 6) is 2.95. The predicted molar refractivity (Wildman–Crippen MR) is 86.6 cm³/mol. The third kappa shape index (κ3) is 3.90. The second kappa shape index (κ2) is 7.02. The van der Waals surface area contributed by atoms with E-state index in [0.29, 0.717) is 5.92 Å². The molecular formula is C16H23N5. The first-order valence-corrected chi connectivity index (χ1v) is 7.37. The number of nitrogens with one attached hydrogen (secondary N) is 2. The molecule has 2 heterocycles. The summed E-state index contributed by atoms with van der Waals surface area (Å²) in [5.41, 5.74) is 2.23. The highest BCUT2D eigenvalue weighted by Crippen LogP contribution is 2.23. The average molecular weight is 285 g/mol. The molecule has 0 fully saturated rings. The van der Waals surface area contributed by atoms with Gasteiger partial charge in [0.05, 0.1) is 0 Å². The Hall–Kier alpha value is -2.17. The van der Waals surface area contributed by atoms with Gasteiger partial charge in [0.15, 0.2) is 0 Å². The highest BCUT2D eigenvalue weighted by molar-refractivity contribution is 5.57. The fraction of sp³-hybridized carbons (Fsp3) is 0.438. The van der Waals surface area contributed by atoms with Gasteiger partial charge in [0.1, 0.15) is 17.5 Å². The van der Waals surface area contributed by atoms with Crippen molar-refractivity contribution in [3.8, 4) is 0 Å². The summed E-state index contributed by atoms with van der Waals surface area (Å²) in [6.45, 7) is 9.89. The largest absolute Gasteiger partial charge is 0.370 e. The molecule has 2 N–H and O–H groups in total. The Kier molecular flexibility index (Phi) is 5.09. The van der Waals surface area contributed by atoms with E-state index < -0.39 is 0 Å². The standard InChI is InChI=1S/C16H23N5/c1-5-18-15-12(4)16(21-14(20-15)11(2)3)19-10-13-6-8-17-9-7-13/h6-9,11H,5,10H2,1-4H3,(H2,18,19,20,21). The maximum atomic E-state index is 4.65. The Morgan fingerprint density at radius 3 is 2.24 bits per heavy atom. The minimum absolute atomic E-state index is 0.296. The van der Waals surface area contributed by atoms with Crippen molar-refractivity contribution in [1.29, 1.82) is 0 Å². The van der Waals surface area contributed by atoms with Crippen molar-refractivity contribution in [3.05, 3.63) is 41.5 Å². The molecule has 0 aliphatic rings. The number of hydrogen-bond acceptors (Lipinski definition) is 5. The summed E-state index contributed by atoms with van der Waals surface area (Å²) < 4.78 is 0. The smallest absolute Gasteiger partial charge is 0.135 e. The van der Waals surface area contributed by atoms with Crippen LogP contribution in [0.25, 0.3) is 0 Å². The van der Waals surface area contributed by atoms with Crippen molar-refractivity contribution in [2.75, 3.05) is 17.2 Å². The first-order valence-electron chi connectivity index (χ1n) is 7.37. The molecule has 112 valence electrons. The lowest BCUT2D eigenvalue weighted by Gasteiger charge is -2.16. The monoisotopic (exact) mass is 285 g/mol. The van der Waals surface area contributed by atoms with Gasteiger partial charge < -0.3 is 10.6 Å². The molecule has 0 unspecified atom stereocenters. The summed E-state index contributed by atoms with van der Waals surface area (Å²) in [7, 11) is 0. The van der Waals surface area contributed by atoms with Crippen LogP contribution in [0, 0.1) is 6.92 Å². The molecule has 0 aromatic carbocycles. The van der Waals surface area contributed by atoms with Gasteiger partial charge in [-0.3, -0.25) is 4.98 Å². The summed E-state index contributed by atoms with van der Waals surface area (Å²) in [6.07, 6.45) is 3.60. The Morgan fingerprint density at radius 2 is 1.67 bits per heavy atom. The van der Waals surface area contributed by atoms with Gasteiger partial charge in [-0.2, -0.15) is 0 Å². The molecule has 0 atom stereocenters. The quantitative estimate of drug-likeness (QED) is 0.852. The maximum absolute atomic E-state index is 4.65. The van der Waals surface area contributed by atoms with E-state index in [1.54, 1.807) is 12.4 Å². The third-order valence-corrected chi connectivity index (χ3v) is 3.23. The fourth-order valence-electron chi connectivity index (χ4n) is 1.99. The number of aromatic nitrogens is 3. The van der Waals surface area contributed by atoms with E-state index in [-0.39, 0.29) is 0 Å². The highest BCUT2D eigenvalue weighted by atomic mass is 15.1. The van der Waals surface area contributed by atoms with Crippen LogP contribution < -0.4 is 10.6 Å². The zero-order chi connectivity index (χ0) is 15.2. The summed E-state index contributed by atoms with van der Waals surface area (Å²) in [6, 6.07) is 4.00. The number of pyridine rings is 1. The highest BCUT2D eigenvalue weighted by Gasteiger charge is 2.12. The van der Waals surface area contributed by atoms with Crippen LogP contribution in [0.2, 0.25) is 0 Å². The van der Waals surface area contributed by atoms with Gasteiger partial charge in [0.2, 0.25) is 0 Å². The first kappa shape index (κ1) is 15.2. The van der Waals surface area contributed by atoms with Gasteiger partial charge in [-0.15, -0.1) is 0 Å². The van der Waals surface area contributed by atoms with Crippen molar-refractivity contribution >= 4 is 11.6 Å². The van der Waals surface area contributed by atoms with Crippen molar-refractivity contribution in [2.45, 2.75) is 40.2 Å². The van der Waals surface area contributed by atoms with Crippen LogP contribution in [-0.4, -0.2) is 21.5 Å². The Bertz CT molecular complexity index is 581. The van der Waals surface area contributed by atoms with Crippen LogP contribution in [0.1, 0.15) is 43.6 Å². The van der Waals surface area contributed by atoms with Gasteiger partial charge in [-0.05, 0) is 31.5 Å². The molecule has 0 radical (unpaired) electrons. The number of hydrogen-bond donors (Lipinski definition) is 2. The Morgan fingerprint density at radius 1 is 1.05 bits per heavy atom. The van der Waals surface area contributed by atoms with Crippen molar-refractivity contribution in [2.24, 2.45) is 0 Å². The fourth-order valence-corrected chi connectivity index (χ4v) is 1.99. The van der Waals surface area contributed by atoms with E-state index in [0.717, 1.165) is 36.1 Å². The third-order valence-electron chi connectivity index (χ3n) is 3.23. The Labute approximate surface area is 126 Å². The lowest BCUT2D eigenvalue weighted by Crippen LogP contribution is -2.12. The lowest BCUT2D eigenvalue weighted by atomic mass is 10.2. The molecule has 0 aliphatic carbocycles. The molecule has 0 aliphatic heterocycles. The van der Waals surface area contributed by atoms with Crippen LogP contribution >= 0.6 is 0 Å².